The molecule has 2 rings (SSSR count). The van der Waals surface area contributed by atoms with Crippen molar-refractivity contribution in [3.63, 3.8) is 0 Å². The van der Waals surface area contributed by atoms with E-state index in [1.165, 1.54) is 36.9 Å². The Morgan fingerprint density at radius 2 is 2.05 bits per heavy atom. The molecule has 0 aliphatic rings. The van der Waals surface area contributed by atoms with Crippen LogP contribution in [0.25, 0.3) is 0 Å². The summed E-state index contributed by atoms with van der Waals surface area (Å²) in [5, 5.41) is 2.76. The summed E-state index contributed by atoms with van der Waals surface area (Å²) >= 11 is 3.16. The van der Waals surface area contributed by atoms with Gasteiger partial charge in [0.1, 0.15) is 17.2 Å². The zero-order valence-corrected chi connectivity index (χ0v) is 12.9. The molecular weight excluding hydrogens is 343 g/mol. The Hall–Kier alpha value is -2.15. The second-order valence-corrected chi connectivity index (χ2v) is 5.06. The molecule has 7 heteroatoms. The molecule has 0 atom stereocenters. The maximum atomic E-state index is 13.7. The molecule has 0 bridgehead atoms. The highest BCUT2D eigenvalue weighted by molar-refractivity contribution is 9.10. The molecule has 2 aromatic rings. The van der Waals surface area contributed by atoms with Crippen LogP contribution in [0, 0.1) is 5.82 Å². The normalized spacial score (nSPS) is 10.3. The van der Waals surface area contributed by atoms with Crippen LogP contribution in [0.15, 0.2) is 39.6 Å². The summed E-state index contributed by atoms with van der Waals surface area (Å²) in [7, 11) is 2.71. The van der Waals surface area contributed by atoms with E-state index in [1.807, 2.05) is 0 Å². The van der Waals surface area contributed by atoms with Crippen LogP contribution in [-0.2, 0) is 11.8 Å². The lowest BCUT2D eigenvalue weighted by Crippen LogP contribution is -2.23. The molecule has 0 aliphatic heterocycles. The number of carbonyl (C=O) groups excluding carboxylic acids is 1. The van der Waals surface area contributed by atoms with E-state index < -0.39 is 11.8 Å². The number of ether oxygens (including phenoxy) is 1. The fourth-order valence-corrected chi connectivity index (χ4v) is 2.35. The molecule has 0 saturated heterocycles. The lowest BCUT2D eigenvalue weighted by Gasteiger charge is -2.16. The highest BCUT2D eigenvalue weighted by Crippen LogP contribution is 2.27. The predicted molar refractivity (Wildman–Crippen MR) is 80.4 cm³/mol. The zero-order valence-electron chi connectivity index (χ0n) is 11.3. The monoisotopic (exact) mass is 354 g/mol. The van der Waals surface area contributed by atoms with Gasteiger partial charge in [-0.1, -0.05) is 12.1 Å². The standard InChI is InChI=1S/C14H12BrFN2O3/c1-18-11(19)7-8(15)12(14(20)21-2)13(18)17-10-6-4-3-5-9(10)16/h3-7,17H,1-2H3. The van der Waals surface area contributed by atoms with Crippen molar-refractivity contribution in [2.75, 3.05) is 12.4 Å². The minimum Gasteiger partial charge on any atom is -0.465 e. The first-order valence-corrected chi connectivity index (χ1v) is 6.74. The average molecular weight is 355 g/mol. The van der Waals surface area contributed by atoms with E-state index in [0.717, 1.165) is 0 Å². The first kappa shape index (κ1) is 15.2. The van der Waals surface area contributed by atoms with Gasteiger partial charge in [0.15, 0.2) is 0 Å². The van der Waals surface area contributed by atoms with Crippen LogP contribution in [0.4, 0.5) is 15.9 Å². The van der Waals surface area contributed by atoms with Gasteiger partial charge in [-0.3, -0.25) is 9.36 Å². The average Bonchev–Trinajstić information content (AvgIpc) is 2.46. The number of anilines is 2. The van der Waals surface area contributed by atoms with Gasteiger partial charge in [0.25, 0.3) is 5.56 Å². The van der Waals surface area contributed by atoms with E-state index in [2.05, 4.69) is 21.2 Å². The Balaban J connectivity index is 2.64. The van der Waals surface area contributed by atoms with Gasteiger partial charge in [-0.05, 0) is 28.1 Å². The molecule has 5 nitrogen and oxygen atoms in total. The second kappa shape index (κ2) is 6.09. The molecule has 0 aliphatic carbocycles. The molecule has 1 heterocycles. The number of carbonyl (C=O) groups is 1. The van der Waals surface area contributed by atoms with Crippen LogP contribution >= 0.6 is 15.9 Å². The minimum atomic E-state index is -0.642. The van der Waals surface area contributed by atoms with Crippen molar-refractivity contribution < 1.29 is 13.9 Å². The lowest BCUT2D eigenvalue weighted by molar-refractivity contribution is 0.0600. The highest BCUT2D eigenvalue weighted by Gasteiger charge is 2.20. The van der Waals surface area contributed by atoms with Crippen LogP contribution in [-0.4, -0.2) is 17.6 Å². The molecule has 0 fully saturated rings. The summed E-state index contributed by atoms with van der Waals surface area (Å²) in [6.07, 6.45) is 0. The summed E-state index contributed by atoms with van der Waals surface area (Å²) in [5.74, 6) is -0.997. The fourth-order valence-electron chi connectivity index (χ4n) is 1.80. The molecule has 0 unspecified atom stereocenters. The van der Waals surface area contributed by atoms with Crippen LogP contribution < -0.4 is 10.9 Å². The third-order valence-corrected chi connectivity index (χ3v) is 3.53. The van der Waals surface area contributed by atoms with Crippen molar-refractivity contribution in [1.29, 1.82) is 0 Å². The zero-order chi connectivity index (χ0) is 15.6. The molecule has 0 spiro atoms. The number of esters is 1. The maximum Gasteiger partial charge on any atom is 0.342 e. The number of para-hydroxylation sites is 1. The van der Waals surface area contributed by atoms with Gasteiger partial charge in [-0.15, -0.1) is 0 Å². The van der Waals surface area contributed by atoms with Gasteiger partial charge in [0, 0.05) is 17.6 Å². The molecule has 1 N–H and O–H groups in total. The van der Waals surface area contributed by atoms with E-state index in [4.69, 9.17) is 4.74 Å². The molecule has 0 saturated carbocycles. The van der Waals surface area contributed by atoms with E-state index in [1.54, 1.807) is 12.1 Å². The number of hydrogen-bond acceptors (Lipinski definition) is 4. The number of benzene rings is 1. The minimum absolute atomic E-state index is 0.114. The molecule has 21 heavy (non-hydrogen) atoms. The summed E-state index contributed by atoms with van der Waals surface area (Å²) in [4.78, 5) is 23.7. The number of hydrogen-bond donors (Lipinski definition) is 1. The Kier molecular flexibility index (Phi) is 4.42. The fraction of sp³-hybridized carbons (Fsp3) is 0.143. The van der Waals surface area contributed by atoms with Crippen molar-refractivity contribution >= 4 is 33.4 Å². The number of rotatable bonds is 3. The van der Waals surface area contributed by atoms with E-state index >= 15 is 0 Å². The van der Waals surface area contributed by atoms with Gasteiger partial charge >= 0.3 is 5.97 Å². The van der Waals surface area contributed by atoms with Crippen molar-refractivity contribution in [3.05, 3.63) is 56.5 Å². The predicted octanol–water partition coefficient (Wildman–Crippen LogP) is 2.82. The van der Waals surface area contributed by atoms with Gasteiger partial charge in [0.05, 0.1) is 12.8 Å². The molecule has 1 aromatic heterocycles. The molecular formula is C14H12BrFN2O3. The van der Waals surface area contributed by atoms with E-state index in [0.29, 0.717) is 0 Å². The molecule has 0 radical (unpaired) electrons. The van der Waals surface area contributed by atoms with Gasteiger partial charge in [-0.2, -0.15) is 0 Å². The SMILES string of the molecule is COC(=O)c1c(Br)cc(=O)n(C)c1Nc1ccccc1F. The summed E-state index contributed by atoms with van der Waals surface area (Å²) in [6, 6.07) is 7.21. The largest absolute Gasteiger partial charge is 0.465 e. The molecule has 110 valence electrons. The number of pyridine rings is 1. The molecule has 1 aromatic carbocycles. The number of nitrogens with zero attached hydrogens (tertiary/aromatic N) is 1. The number of nitrogens with one attached hydrogen (secondary N) is 1. The maximum absolute atomic E-state index is 13.7. The number of aromatic nitrogens is 1. The topological polar surface area (TPSA) is 60.3 Å². The van der Waals surface area contributed by atoms with Crippen LogP contribution in [0.5, 0.6) is 0 Å². The Morgan fingerprint density at radius 1 is 1.38 bits per heavy atom. The summed E-state index contributed by atoms with van der Waals surface area (Å²) in [5.41, 5.74) is -0.0908. The second-order valence-electron chi connectivity index (χ2n) is 4.21. The Bertz CT molecular complexity index is 758. The van der Waals surface area contributed by atoms with Gasteiger partial charge in [-0.25, -0.2) is 9.18 Å². The lowest BCUT2D eigenvalue weighted by atomic mass is 10.2. The van der Waals surface area contributed by atoms with Crippen LogP contribution in [0.1, 0.15) is 10.4 Å². The van der Waals surface area contributed by atoms with Crippen molar-refractivity contribution in [3.8, 4) is 0 Å². The first-order chi connectivity index (χ1) is 9.95. The third-order valence-electron chi connectivity index (χ3n) is 2.91. The van der Waals surface area contributed by atoms with Gasteiger partial charge < -0.3 is 10.1 Å². The first-order valence-electron chi connectivity index (χ1n) is 5.95. The van der Waals surface area contributed by atoms with Crippen LogP contribution in [0.3, 0.4) is 0 Å². The highest BCUT2D eigenvalue weighted by atomic mass is 79.9. The Morgan fingerprint density at radius 3 is 2.67 bits per heavy atom. The summed E-state index contributed by atoms with van der Waals surface area (Å²) in [6.45, 7) is 0. The van der Waals surface area contributed by atoms with Crippen LogP contribution in [0.2, 0.25) is 0 Å². The number of halogens is 2. The third kappa shape index (κ3) is 2.97. The quantitative estimate of drug-likeness (QED) is 0.861. The van der Waals surface area contributed by atoms with Gasteiger partial charge in [0.2, 0.25) is 0 Å². The van der Waals surface area contributed by atoms with Crippen molar-refractivity contribution in [2.45, 2.75) is 0 Å². The van der Waals surface area contributed by atoms with E-state index in [-0.39, 0.29) is 27.1 Å². The van der Waals surface area contributed by atoms with Crippen molar-refractivity contribution in [2.24, 2.45) is 7.05 Å². The smallest absolute Gasteiger partial charge is 0.342 e. The summed E-state index contributed by atoms with van der Waals surface area (Å²) < 4.78 is 19.9. The molecule has 0 amide bonds. The van der Waals surface area contributed by atoms with E-state index in [9.17, 15) is 14.0 Å². The Labute approximate surface area is 128 Å². The van der Waals surface area contributed by atoms with Crippen molar-refractivity contribution in [1.82, 2.24) is 4.57 Å². The number of methoxy groups -OCH3 is 1.